The van der Waals surface area contributed by atoms with E-state index in [0.717, 1.165) is 0 Å². The molecule has 0 radical (unpaired) electrons. The van der Waals surface area contributed by atoms with Crippen LogP contribution in [-0.4, -0.2) is 16.7 Å². The summed E-state index contributed by atoms with van der Waals surface area (Å²) < 4.78 is 0.614. The van der Waals surface area contributed by atoms with Gasteiger partial charge in [-0.05, 0) is 37.9 Å². The number of carbonyl (C=O) groups excluding carboxylic acids is 2. The quantitative estimate of drug-likeness (QED) is 0.646. The highest BCUT2D eigenvalue weighted by Gasteiger charge is 2.32. The van der Waals surface area contributed by atoms with Gasteiger partial charge in [-0.3, -0.25) is 9.59 Å². The maximum absolute atomic E-state index is 12.4. The molecule has 0 heterocycles. The van der Waals surface area contributed by atoms with Gasteiger partial charge in [0.15, 0.2) is 11.6 Å². The minimum Gasteiger partial charge on any atom is -0.506 e. The number of ketones is 2. The third-order valence-corrected chi connectivity index (χ3v) is 4.46. The van der Waals surface area contributed by atoms with E-state index in [1.54, 1.807) is 24.3 Å². The molecule has 0 aliphatic heterocycles. The van der Waals surface area contributed by atoms with Crippen molar-refractivity contribution in [3.63, 3.8) is 0 Å². The molecule has 1 aliphatic carbocycles. The number of aromatic hydroxyl groups is 1. The van der Waals surface area contributed by atoms with Crippen LogP contribution in [0.1, 0.15) is 31.8 Å². The van der Waals surface area contributed by atoms with E-state index in [1.165, 1.54) is 6.07 Å². The maximum atomic E-state index is 12.4. The molecule has 0 fully saturated rings. The summed E-state index contributed by atoms with van der Waals surface area (Å²) >= 11 is 6.35. The summed E-state index contributed by atoms with van der Waals surface area (Å²) in [5, 5.41) is 9.86. The van der Waals surface area contributed by atoms with Crippen LogP contribution in [0.4, 0.5) is 0 Å². The Morgan fingerprint density at radius 1 is 0.895 bits per heavy atom. The molecule has 0 spiro atoms. The molecule has 0 saturated heterocycles. The second-order valence-electron chi connectivity index (χ2n) is 4.15. The molecular weight excluding hydrogens is 376 g/mol. The predicted octanol–water partition coefficient (Wildman–Crippen LogP) is 3.69. The summed E-state index contributed by atoms with van der Waals surface area (Å²) in [4.78, 5) is 24.8. The minimum atomic E-state index is -0.264. The van der Waals surface area contributed by atoms with Crippen LogP contribution in [0, 0.1) is 0 Å². The maximum Gasteiger partial charge on any atom is 0.195 e. The van der Waals surface area contributed by atoms with Crippen molar-refractivity contribution in [2.24, 2.45) is 0 Å². The lowest BCUT2D eigenvalue weighted by Gasteiger charge is -2.19. The van der Waals surface area contributed by atoms with E-state index >= 15 is 0 Å². The van der Waals surface area contributed by atoms with Crippen molar-refractivity contribution in [1.29, 1.82) is 0 Å². The zero-order valence-corrected chi connectivity index (χ0v) is 12.6. The monoisotopic (exact) mass is 380 g/mol. The standard InChI is InChI=1S/C14H6Br2O3/c15-9-5-8-10(11(16)14(9)19)13(18)7-4-2-1-3-6(7)12(8)17/h1-5,19H. The van der Waals surface area contributed by atoms with E-state index in [0.29, 0.717) is 21.2 Å². The molecule has 5 heteroatoms. The van der Waals surface area contributed by atoms with E-state index in [2.05, 4.69) is 31.9 Å². The van der Waals surface area contributed by atoms with E-state index < -0.39 is 0 Å². The van der Waals surface area contributed by atoms with Gasteiger partial charge in [0.25, 0.3) is 0 Å². The third-order valence-electron chi connectivity index (χ3n) is 3.08. The Morgan fingerprint density at radius 3 is 2.11 bits per heavy atom. The van der Waals surface area contributed by atoms with Crippen molar-refractivity contribution in [1.82, 2.24) is 0 Å². The Labute approximate surface area is 125 Å². The molecule has 0 aromatic heterocycles. The Morgan fingerprint density at radius 2 is 1.47 bits per heavy atom. The average Bonchev–Trinajstić information content (AvgIpc) is 2.42. The van der Waals surface area contributed by atoms with Gasteiger partial charge in [0.1, 0.15) is 5.75 Å². The molecule has 2 aromatic rings. The molecule has 0 bridgehead atoms. The number of rotatable bonds is 0. The van der Waals surface area contributed by atoms with Crippen molar-refractivity contribution in [3.8, 4) is 5.75 Å². The van der Waals surface area contributed by atoms with Gasteiger partial charge in [0.05, 0.1) is 14.5 Å². The first-order valence-corrected chi connectivity index (χ1v) is 7.00. The highest BCUT2D eigenvalue weighted by atomic mass is 79.9. The summed E-state index contributed by atoms with van der Waals surface area (Å²) in [7, 11) is 0. The average molecular weight is 382 g/mol. The summed E-state index contributed by atoms with van der Waals surface area (Å²) in [6.07, 6.45) is 0. The van der Waals surface area contributed by atoms with Gasteiger partial charge < -0.3 is 5.11 Å². The largest absolute Gasteiger partial charge is 0.506 e. The number of halogens is 2. The Balaban J connectivity index is 2.40. The van der Waals surface area contributed by atoms with Crippen molar-refractivity contribution in [2.45, 2.75) is 0 Å². The normalized spacial score (nSPS) is 13.2. The second kappa shape index (κ2) is 4.28. The fourth-order valence-corrected chi connectivity index (χ4v) is 3.47. The number of hydrogen-bond acceptors (Lipinski definition) is 3. The number of benzene rings is 2. The van der Waals surface area contributed by atoms with E-state index in [-0.39, 0.29) is 27.4 Å². The smallest absolute Gasteiger partial charge is 0.195 e. The molecule has 0 atom stereocenters. The van der Waals surface area contributed by atoms with Crippen LogP contribution in [0.5, 0.6) is 5.75 Å². The molecule has 1 aliphatic rings. The van der Waals surface area contributed by atoms with Gasteiger partial charge >= 0.3 is 0 Å². The fraction of sp³-hybridized carbons (Fsp3) is 0. The zero-order chi connectivity index (χ0) is 13.7. The molecular formula is C14H6Br2O3. The number of carbonyl (C=O) groups is 2. The number of hydrogen-bond donors (Lipinski definition) is 1. The zero-order valence-electron chi connectivity index (χ0n) is 9.41. The van der Waals surface area contributed by atoms with E-state index in [1.807, 2.05) is 0 Å². The van der Waals surface area contributed by atoms with Gasteiger partial charge in [-0.2, -0.15) is 0 Å². The second-order valence-corrected chi connectivity index (χ2v) is 5.79. The first-order chi connectivity index (χ1) is 9.02. The van der Waals surface area contributed by atoms with Crippen LogP contribution < -0.4 is 0 Å². The predicted molar refractivity (Wildman–Crippen MR) is 76.8 cm³/mol. The minimum absolute atomic E-state index is 0.0840. The summed E-state index contributed by atoms with van der Waals surface area (Å²) in [6.45, 7) is 0. The molecule has 1 N–H and O–H groups in total. The summed E-state index contributed by atoms with van der Waals surface area (Å²) in [6, 6.07) is 8.16. The van der Waals surface area contributed by atoms with Crippen molar-refractivity contribution in [3.05, 3.63) is 61.5 Å². The highest BCUT2D eigenvalue weighted by Crippen LogP contribution is 2.41. The topological polar surface area (TPSA) is 54.4 Å². The van der Waals surface area contributed by atoms with Crippen molar-refractivity contribution in [2.75, 3.05) is 0 Å². The number of fused-ring (bicyclic) bond motifs is 2. The lowest BCUT2D eigenvalue weighted by atomic mass is 9.84. The van der Waals surface area contributed by atoms with Crippen LogP contribution in [-0.2, 0) is 0 Å². The van der Waals surface area contributed by atoms with Crippen molar-refractivity contribution >= 4 is 43.4 Å². The van der Waals surface area contributed by atoms with Crippen LogP contribution in [0.15, 0.2) is 39.3 Å². The van der Waals surface area contributed by atoms with E-state index in [4.69, 9.17) is 0 Å². The Bertz CT molecular complexity index is 751. The van der Waals surface area contributed by atoms with Gasteiger partial charge in [-0.1, -0.05) is 24.3 Å². The van der Waals surface area contributed by atoms with E-state index in [9.17, 15) is 14.7 Å². The SMILES string of the molecule is O=C1c2ccccc2C(=O)c2c1cc(Br)c(O)c2Br. The van der Waals surface area contributed by atoms with Gasteiger partial charge in [-0.25, -0.2) is 0 Å². The van der Waals surface area contributed by atoms with Crippen LogP contribution in [0.2, 0.25) is 0 Å². The first-order valence-electron chi connectivity index (χ1n) is 5.41. The summed E-state index contributed by atoms with van der Waals surface area (Å²) in [5.41, 5.74) is 1.26. The fourth-order valence-electron chi connectivity index (χ4n) is 2.17. The van der Waals surface area contributed by atoms with Crippen LogP contribution >= 0.6 is 31.9 Å². The molecule has 0 amide bonds. The Hall–Kier alpha value is -1.46. The highest BCUT2D eigenvalue weighted by molar-refractivity contribution is 9.11. The summed E-state index contributed by atoms with van der Waals surface area (Å²) in [5.74, 6) is -0.564. The lowest BCUT2D eigenvalue weighted by molar-refractivity contribution is 0.0978. The lowest BCUT2D eigenvalue weighted by Crippen LogP contribution is -2.21. The molecule has 94 valence electrons. The van der Waals surface area contributed by atoms with Crippen LogP contribution in [0.3, 0.4) is 0 Å². The van der Waals surface area contributed by atoms with Gasteiger partial charge in [0.2, 0.25) is 0 Å². The van der Waals surface area contributed by atoms with Crippen LogP contribution in [0.25, 0.3) is 0 Å². The van der Waals surface area contributed by atoms with Gasteiger partial charge in [0, 0.05) is 16.7 Å². The third kappa shape index (κ3) is 1.69. The molecule has 3 nitrogen and oxygen atoms in total. The van der Waals surface area contributed by atoms with Gasteiger partial charge in [-0.15, -0.1) is 0 Å². The number of phenolic OH excluding ortho intramolecular Hbond substituents is 1. The first kappa shape index (κ1) is 12.6. The Kier molecular flexibility index (Phi) is 2.83. The molecule has 0 unspecified atom stereocenters. The molecule has 19 heavy (non-hydrogen) atoms. The number of phenols is 1. The molecule has 3 rings (SSSR count). The van der Waals surface area contributed by atoms with Crippen molar-refractivity contribution < 1.29 is 14.7 Å². The molecule has 2 aromatic carbocycles. The molecule has 0 saturated carbocycles.